The molecule has 0 aliphatic carbocycles. The Morgan fingerprint density at radius 2 is 2.24 bits per heavy atom. The van der Waals surface area contributed by atoms with Gasteiger partial charge >= 0.3 is 5.97 Å². The number of hydrogen-bond donors (Lipinski definition) is 2. The summed E-state index contributed by atoms with van der Waals surface area (Å²) in [5, 5.41) is 14.0. The van der Waals surface area contributed by atoms with Crippen molar-refractivity contribution in [3.05, 3.63) is 21.8 Å². The highest BCUT2D eigenvalue weighted by Crippen LogP contribution is 2.21. The van der Waals surface area contributed by atoms with E-state index in [0.717, 1.165) is 19.4 Å². The number of ether oxygens (including phenoxy) is 1. The van der Waals surface area contributed by atoms with Gasteiger partial charge in [-0.2, -0.15) is 0 Å². The fraction of sp³-hybridized carbons (Fsp3) is 0.579. The van der Waals surface area contributed by atoms with Crippen molar-refractivity contribution in [3.8, 4) is 0 Å². The summed E-state index contributed by atoms with van der Waals surface area (Å²) in [6, 6.07) is 1.81. The highest BCUT2D eigenvalue weighted by atomic mass is 32.2. The molecule has 0 spiro atoms. The first-order valence-electron chi connectivity index (χ1n) is 9.75. The van der Waals surface area contributed by atoms with Crippen LogP contribution in [0.4, 0.5) is 0 Å². The van der Waals surface area contributed by atoms with Crippen LogP contribution in [-0.2, 0) is 20.9 Å². The third-order valence-corrected chi connectivity index (χ3v) is 6.55. The quantitative estimate of drug-likeness (QED) is 0.314. The van der Waals surface area contributed by atoms with Crippen molar-refractivity contribution in [2.24, 2.45) is 0 Å². The fourth-order valence-corrected chi connectivity index (χ4v) is 4.80. The maximum atomic E-state index is 12.8. The summed E-state index contributed by atoms with van der Waals surface area (Å²) < 4.78 is 7.71. The number of unbranched alkanes of at least 4 members (excludes halogenated alkanes) is 2. The Bertz CT molecular complexity index is 905. The minimum atomic E-state index is -0.811. The van der Waals surface area contributed by atoms with Crippen molar-refractivity contribution in [1.82, 2.24) is 14.9 Å². The number of rotatable bonds is 11. The van der Waals surface area contributed by atoms with E-state index in [1.165, 1.54) is 23.1 Å². The van der Waals surface area contributed by atoms with Gasteiger partial charge in [-0.25, -0.2) is 4.98 Å². The summed E-state index contributed by atoms with van der Waals surface area (Å²) in [7, 11) is 0. The molecule has 1 aliphatic heterocycles. The van der Waals surface area contributed by atoms with Gasteiger partial charge < -0.3 is 15.2 Å². The zero-order valence-corrected chi connectivity index (χ0v) is 17.7. The van der Waals surface area contributed by atoms with Gasteiger partial charge in [0.2, 0.25) is 5.91 Å². The molecule has 3 heterocycles. The van der Waals surface area contributed by atoms with E-state index < -0.39 is 5.97 Å². The Hall–Kier alpha value is -1.91. The lowest BCUT2D eigenvalue weighted by molar-refractivity contribution is -0.137. The summed E-state index contributed by atoms with van der Waals surface area (Å²) >= 11 is 2.60. The number of carbonyl (C=O) groups excluding carboxylic acids is 1. The number of amides is 1. The Morgan fingerprint density at radius 1 is 1.38 bits per heavy atom. The Balaban J connectivity index is 1.61. The second kappa shape index (κ2) is 10.7. The molecule has 2 aromatic heterocycles. The number of nitrogens with zero attached hydrogens (tertiary/aromatic N) is 2. The standard InChI is InChI=1S/C19H25N3O5S2/c23-15(20-11-13-5-4-9-27-13)12-29-19-21-14-7-10-28-17(14)18(26)22(19)8-3-1-2-6-16(24)25/h7,10,13H,1-6,8-9,11-12H2,(H,20,23)(H,24,25)/t13-/m0/s1. The van der Waals surface area contributed by atoms with E-state index in [1.807, 2.05) is 5.38 Å². The third kappa shape index (κ3) is 6.28. The van der Waals surface area contributed by atoms with Gasteiger partial charge in [0, 0.05) is 26.1 Å². The van der Waals surface area contributed by atoms with Crippen LogP contribution in [0.2, 0.25) is 0 Å². The Kier molecular flexibility index (Phi) is 8.08. The van der Waals surface area contributed by atoms with Crippen molar-refractivity contribution in [2.45, 2.75) is 56.3 Å². The summed E-state index contributed by atoms with van der Waals surface area (Å²) in [5.74, 6) is -0.749. The Morgan fingerprint density at radius 3 is 3.00 bits per heavy atom. The number of aromatic nitrogens is 2. The molecule has 0 aromatic carbocycles. The average molecular weight is 440 g/mol. The van der Waals surface area contributed by atoms with Gasteiger partial charge in [0.1, 0.15) is 4.70 Å². The maximum absolute atomic E-state index is 12.8. The van der Waals surface area contributed by atoms with E-state index in [0.29, 0.717) is 47.7 Å². The topological polar surface area (TPSA) is 111 Å². The zero-order valence-electron chi connectivity index (χ0n) is 16.1. The number of carboxylic acids is 1. The normalized spacial score (nSPS) is 16.3. The van der Waals surface area contributed by atoms with Crippen molar-refractivity contribution in [3.63, 3.8) is 0 Å². The summed E-state index contributed by atoms with van der Waals surface area (Å²) in [6.45, 7) is 1.71. The number of nitrogens with one attached hydrogen (secondary N) is 1. The van der Waals surface area contributed by atoms with Crippen LogP contribution in [0.3, 0.4) is 0 Å². The van der Waals surface area contributed by atoms with Crippen molar-refractivity contribution in [1.29, 1.82) is 0 Å². The molecule has 29 heavy (non-hydrogen) atoms. The van der Waals surface area contributed by atoms with Gasteiger partial charge in [0.15, 0.2) is 5.16 Å². The molecule has 0 bridgehead atoms. The van der Waals surface area contributed by atoms with E-state index in [1.54, 1.807) is 10.6 Å². The molecular formula is C19H25N3O5S2. The van der Waals surface area contributed by atoms with Crippen LogP contribution in [0.25, 0.3) is 10.2 Å². The first-order valence-corrected chi connectivity index (χ1v) is 11.6. The fourth-order valence-electron chi connectivity index (χ4n) is 3.17. The minimum Gasteiger partial charge on any atom is -0.481 e. The summed E-state index contributed by atoms with van der Waals surface area (Å²) in [6.07, 6.45) is 4.19. The van der Waals surface area contributed by atoms with Crippen molar-refractivity contribution >= 4 is 45.2 Å². The van der Waals surface area contributed by atoms with Gasteiger partial charge in [-0.15, -0.1) is 11.3 Å². The summed E-state index contributed by atoms with van der Waals surface area (Å²) in [5.41, 5.74) is 0.537. The molecule has 10 heteroatoms. The molecular weight excluding hydrogens is 414 g/mol. The lowest BCUT2D eigenvalue weighted by atomic mass is 10.2. The van der Waals surface area contributed by atoms with E-state index in [4.69, 9.17) is 9.84 Å². The number of thiophene rings is 1. The van der Waals surface area contributed by atoms with Crippen LogP contribution in [0.1, 0.15) is 38.5 Å². The monoisotopic (exact) mass is 439 g/mol. The smallest absolute Gasteiger partial charge is 0.303 e. The van der Waals surface area contributed by atoms with Crippen LogP contribution in [0.15, 0.2) is 21.4 Å². The lowest BCUT2D eigenvalue weighted by Gasteiger charge is -2.13. The number of thioether (sulfide) groups is 1. The number of carbonyl (C=O) groups is 2. The number of fused-ring (bicyclic) bond motifs is 1. The molecule has 0 unspecified atom stereocenters. The van der Waals surface area contributed by atoms with Crippen LogP contribution in [-0.4, -0.2) is 51.5 Å². The van der Waals surface area contributed by atoms with Gasteiger partial charge in [-0.1, -0.05) is 18.2 Å². The molecule has 1 atom stereocenters. The van der Waals surface area contributed by atoms with Gasteiger partial charge in [0.05, 0.1) is 17.4 Å². The first-order chi connectivity index (χ1) is 14.0. The van der Waals surface area contributed by atoms with Crippen LogP contribution in [0, 0.1) is 0 Å². The van der Waals surface area contributed by atoms with Gasteiger partial charge in [-0.05, 0) is 37.1 Å². The minimum absolute atomic E-state index is 0.0909. The molecule has 1 saturated heterocycles. The van der Waals surface area contributed by atoms with E-state index in [2.05, 4.69) is 10.3 Å². The van der Waals surface area contributed by atoms with Crippen molar-refractivity contribution < 1.29 is 19.4 Å². The van der Waals surface area contributed by atoms with E-state index >= 15 is 0 Å². The molecule has 2 N–H and O–H groups in total. The van der Waals surface area contributed by atoms with E-state index in [-0.39, 0.29) is 29.7 Å². The zero-order chi connectivity index (χ0) is 20.6. The number of carboxylic acid groups (broad SMARTS) is 1. The maximum Gasteiger partial charge on any atom is 0.303 e. The average Bonchev–Trinajstić information content (AvgIpc) is 3.37. The lowest BCUT2D eigenvalue weighted by Crippen LogP contribution is -2.33. The molecule has 2 aromatic rings. The van der Waals surface area contributed by atoms with Crippen LogP contribution < -0.4 is 10.9 Å². The number of hydrogen-bond acceptors (Lipinski definition) is 7. The molecule has 0 radical (unpaired) electrons. The predicted molar refractivity (Wildman–Crippen MR) is 113 cm³/mol. The molecule has 1 fully saturated rings. The van der Waals surface area contributed by atoms with Crippen molar-refractivity contribution in [2.75, 3.05) is 18.9 Å². The second-order valence-corrected chi connectivity index (χ2v) is 8.78. The summed E-state index contributed by atoms with van der Waals surface area (Å²) in [4.78, 5) is 40.2. The first kappa shape index (κ1) is 21.8. The van der Waals surface area contributed by atoms with Crippen LogP contribution >= 0.6 is 23.1 Å². The van der Waals surface area contributed by atoms with Gasteiger partial charge in [-0.3, -0.25) is 19.0 Å². The SMILES string of the molecule is O=C(O)CCCCCn1c(SCC(=O)NC[C@@H]2CCCO2)nc2ccsc2c1=O. The van der Waals surface area contributed by atoms with Crippen LogP contribution in [0.5, 0.6) is 0 Å². The van der Waals surface area contributed by atoms with E-state index in [9.17, 15) is 14.4 Å². The molecule has 1 aliphatic rings. The molecule has 8 nitrogen and oxygen atoms in total. The Labute approximate surface area is 176 Å². The predicted octanol–water partition coefficient (Wildman–Crippen LogP) is 2.49. The third-order valence-electron chi connectivity index (χ3n) is 4.69. The molecule has 1 amide bonds. The highest BCUT2D eigenvalue weighted by molar-refractivity contribution is 7.99. The molecule has 158 valence electrons. The largest absolute Gasteiger partial charge is 0.481 e. The number of aliphatic carboxylic acids is 1. The second-order valence-electron chi connectivity index (χ2n) is 6.92. The molecule has 0 saturated carbocycles. The molecule has 3 rings (SSSR count). The van der Waals surface area contributed by atoms with Gasteiger partial charge in [0.25, 0.3) is 5.56 Å². The highest BCUT2D eigenvalue weighted by Gasteiger charge is 2.17.